The van der Waals surface area contributed by atoms with Gasteiger partial charge in [-0.3, -0.25) is 14.6 Å². The molecular formula is C18H25N3O4. The van der Waals surface area contributed by atoms with Crippen LogP contribution in [0, 0.1) is 0 Å². The lowest BCUT2D eigenvalue weighted by Gasteiger charge is -2.47. The van der Waals surface area contributed by atoms with Crippen LogP contribution in [0.15, 0.2) is 24.5 Å². The van der Waals surface area contributed by atoms with Gasteiger partial charge < -0.3 is 19.3 Å². The van der Waals surface area contributed by atoms with Crippen molar-refractivity contribution in [2.75, 3.05) is 26.4 Å². The minimum Gasteiger partial charge on any atom is -0.377 e. The highest BCUT2D eigenvalue weighted by molar-refractivity contribution is 5.97. The number of hydrogen-bond donors (Lipinski definition) is 0. The standard InChI is InChI=1S/C18H25N3O4/c1-18(2,3)25-12-15-16(22)20-8-9-24-11-14(20)17(23)21(15)10-13-4-6-19-7-5-13/h4-7,14-15H,8-12H2,1-3H3/t14?,15-/m0/s1. The van der Waals surface area contributed by atoms with Crippen LogP contribution in [-0.2, 0) is 25.6 Å². The molecule has 7 heteroatoms. The van der Waals surface area contributed by atoms with Gasteiger partial charge in [-0.15, -0.1) is 0 Å². The summed E-state index contributed by atoms with van der Waals surface area (Å²) in [5, 5.41) is 0. The lowest BCUT2D eigenvalue weighted by molar-refractivity contribution is -0.175. The number of fused-ring (bicyclic) bond motifs is 1. The third-order valence-corrected chi connectivity index (χ3v) is 4.42. The number of rotatable bonds is 4. The Labute approximate surface area is 147 Å². The molecule has 2 aliphatic heterocycles. The van der Waals surface area contributed by atoms with Crippen LogP contribution in [0.2, 0.25) is 0 Å². The van der Waals surface area contributed by atoms with E-state index in [1.54, 1.807) is 22.2 Å². The lowest BCUT2D eigenvalue weighted by Crippen LogP contribution is -2.68. The number of morpholine rings is 1. The van der Waals surface area contributed by atoms with Gasteiger partial charge in [-0.1, -0.05) is 0 Å². The first-order valence-corrected chi connectivity index (χ1v) is 8.58. The predicted octanol–water partition coefficient (Wildman–Crippen LogP) is 0.835. The molecule has 25 heavy (non-hydrogen) atoms. The van der Waals surface area contributed by atoms with Crippen LogP contribution in [0.5, 0.6) is 0 Å². The third-order valence-electron chi connectivity index (χ3n) is 4.42. The van der Waals surface area contributed by atoms with Crippen molar-refractivity contribution in [2.24, 2.45) is 0 Å². The minimum absolute atomic E-state index is 0.0637. The Morgan fingerprint density at radius 1 is 1.24 bits per heavy atom. The Morgan fingerprint density at radius 3 is 2.64 bits per heavy atom. The van der Waals surface area contributed by atoms with Crippen LogP contribution in [0.25, 0.3) is 0 Å². The number of pyridine rings is 1. The van der Waals surface area contributed by atoms with E-state index < -0.39 is 12.1 Å². The van der Waals surface area contributed by atoms with E-state index in [4.69, 9.17) is 9.47 Å². The number of amides is 2. The molecule has 2 amide bonds. The van der Waals surface area contributed by atoms with Gasteiger partial charge in [0.05, 0.1) is 25.4 Å². The molecule has 0 spiro atoms. The molecule has 3 rings (SSSR count). The van der Waals surface area contributed by atoms with E-state index >= 15 is 0 Å². The maximum atomic E-state index is 13.0. The zero-order valence-electron chi connectivity index (χ0n) is 15.0. The van der Waals surface area contributed by atoms with Crippen LogP contribution >= 0.6 is 0 Å². The van der Waals surface area contributed by atoms with Gasteiger partial charge in [0.15, 0.2) is 0 Å². The molecule has 0 radical (unpaired) electrons. The molecule has 2 atom stereocenters. The van der Waals surface area contributed by atoms with Gasteiger partial charge in [-0.2, -0.15) is 0 Å². The van der Waals surface area contributed by atoms with Crippen molar-refractivity contribution in [3.8, 4) is 0 Å². The molecule has 0 aromatic carbocycles. The molecule has 2 aliphatic rings. The summed E-state index contributed by atoms with van der Waals surface area (Å²) in [6.45, 7) is 7.52. The number of ether oxygens (including phenoxy) is 2. The summed E-state index contributed by atoms with van der Waals surface area (Å²) in [7, 11) is 0. The molecule has 2 fully saturated rings. The zero-order valence-corrected chi connectivity index (χ0v) is 15.0. The topological polar surface area (TPSA) is 72.0 Å². The molecule has 1 aromatic rings. The average molecular weight is 347 g/mol. The molecule has 0 N–H and O–H groups in total. The van der Waals surface area contributed by atoms with E-state index in [1.165, 1.54) is 0 Å². The largest absolute Gasteiger partial charge is 0.377 e. The van der Waals surface area contributed by atoms with Crippen LogP contribution < -0.4 is 0 Å². The average Bonchev–Trinajstić information content (AvgIpc) is 2.59. The van der Waals surface area contributed by atoms with Crippen LogP contribution in [0.1, 0.15) is 26.3 Å². The maximum Gasteiger partial charge on any atom is 0.248 e. The molecule has 0 bridgehead atoms. The van der Waals surface area contributed by atoms with E-state index in [0.29, 0.717) is 19.7 Å². The van der Waals surface area contributed by atoms with Gasteiger partial charge in [-0.25, -0.2) is 0 Å². The van der Waals surface area contributed by atoms with Crippen molar-refractivity contribution in [1.82, 2.24) is 14.8 Å². The van der Waals surface area contributed by atoms with Gasteiger partial charge >= 0.3 is 0 Å². The van der Waals surface area contributed by atoms with E-state index in [1.807, 2.05) is 32.9 Å². The Balaban J connectivity index is 1.85. The van der Waals surface area contributed by atoms with E-state index in [9.17, 15) is 9.59 Å². The molecule has 0 aliphatic carbocycles. The summed E-state index contributed by atoms with van der Waals surface area (Å²) in [6, 6.07) is 2.55. The highest BCUT2D eigenvalue weighted by Gasteiger charge is 2.47. The second kappa shape index (κ2) is 7.09. The molecule has 7 nitrogen and oxygen atoms in total. The summed E-state index contributed by atoms with van der Waals surface area (Å²) in [5.41, 5.74) is 0.551. The Hall–Kier alpha value is -1.99. The monoisotopic (exact) mass is 347 g/mol. The molecule has 0 saturated carbocycles. The number of piperazine rings is 1. The van der Waals surface area contributed by atoms with Crippen molar-refractivity contribution < 1.29 is 19.1 Å². The first-order valence-electron chi connectivity index (χ1n) is 8.58. The van der Waals surface area contributed by atoms with Crippen molar-refractivity contribution in [2.45, 2.75) is 45.0 Å². The fraction of sp³-hybridized carbons (Fsp3) is 0.611. The number of aromatic nitrogens is 1. The van der Waals surface area contributed by atoms with Crippen LogP contribution in [-0.4, -0.2) is 70.6 Å². The summed E-state index contributed by atoms with van der Waals surface area (Å²) in [5.74, 6) is -0.148. The van der Waals surface area contributed by atoms with Crippen molar-refractivity contribution in [3.63, 3.8) is 0 Å². The molecule has 136 valence electrons. The van der Waals surface area contributed by atoms with Crippen molar-refractivity contribution in [1.29, 1.82) is 0 Å². The fourth-order valence-corrected chi connectivity index (χ4v) is 3.10. The van der Waals surface area contributed by atoms with Crippen molar-refractivity contribution in [3.05, 3.63) is 30.1 Å². The molecule has 2 saturated heterocycles. The van der Waals surface area contributed by atoms with E-state index in [0.717, 1.165) is 5.56 Å². The number of nitrogens with zero attached hydrogens (tertiary/aromatic N) is 3. The van der Waals surface area contributed by atoms with Gasteiger partial charge in [0.1, 0.15) is 12.1 Å². The second-order valence-corrected chi connectivity index (χ2v) is 7.38. The highest BCUT2D eigenvalue weighted by Crippen LogP contribution is 2.24. The predicted molar refractivity (Wildman–Crippen MR) is 90.6 cm³/mol. The summed E-state index contributed by atoms with van der Waals surface area (Å²) < 4.78 is 11.3. The summed E-state index contributed by atoms with van der Waals surface area (Å²) in [6.07, 6.45) is 3.37. The third kappa shape index (κ3) is 3.99. The van der Waals surface area contributed by atoms with Gasteiger partial charge in [0.2, 0.25) is 11.8 Å². The number of carbonyl (C=O) groups is 2. The lowest BCUT2D eigenvalue weighted by atomic mass is 10.0. The normalized spacial score (nSPS) is 24.4. The molecular weight excluding hydrogens is 322 g/mol. The number of carbonyl (C=O) groups excluding carboxylic acids is 2. The van der Waals surface area contributed by atoms with Crippen LogP contribution in [0.3, 0.4) is 0 Å². The van der Waals surface area contributed by atoms with E-state index in [2.05, 4.69) is 4.98 Å². The Kier molecular flexibility index (Phi) is 5.06. The fourth-order valence-electron chi connectivity index (χ4n) is 3.10. The first kappa shape index (κ1) is 17.8. The van der Waals surface area contributed by atoms with Gasteiger partial charge in [0, 0.05) is 25.5 Å². The van der Waals surface area contributed by atoms with Crippen LogP contribution in [0.4, 0.5) is 0 Å². The first-order chi connectivity index (χ1) is 11.9. The van der Waals surface area contributed by atoms with E-state index in [-0.39, 0.29) is 30.6 Å². The SMILES string of the molecule is CC(C)(C)OC[C@H]1C(=O)N2CCOCC2C(=O)N1Cc1ccncc1. The number of hydrogen-bond acceptors (Lipinski definition) is 5. The quantitative estimate of drug-likeness (QED) is 0.807. The maximum absolute atomic E-state index is 13.0. The molecule has 3 heterocycles. The Morgan fingerprint density at radius 2 is 1.96 bits per heavy atom. The Bertz CT molecular complexity index is 629. The summed E-state index contributed by atoms with van der Waals surface area (Å²) >= 11 is 0. The second-order valence-electron chi connectivity index (χ2n) is 7.38. The van der Waals surface area contributed by atoms with Gasteiger partial charge in [-0.05, 0) is 38.5 Å². The zero-order chi connectivity index (χ0) is 18.0. The molecule has 1 aromatic heterocycles. The van der Waals surface area contributed by atoms with Crippen molar-refractivity contribution >= 4 is 11.8 Å². The minimum atomic E-state index is -0.616. The molecule has 1 unspecified atom stereocenters. The smallest absolute Gasteiger partial charge is 0.248 e. The highest BCUT2D eigenvalue weighted by atomic mass is 16.5. The summed E-state index contributed by atoms with van der Waals surface area (Å²) in [4.78, 5) is 33.3. The van der Waals surface area contributed by atoms with Gasteiger partial charge in [0.25, 0.3) is 0 Å².